The quantitative estimate of drug-likeness (QED) is 0.489. The zero-order chi connectivity index (χ0) is 11.6. The van der Waals surface area contributed by atoms with Gasteiger partial charge in [-0.3, -0.25) is 4.79 Å². The molecule has 1 aliphatic rings. The average molecular weight is 213 g/mol. The summed E-state index contributed by atoms with van der Waals surface area (Å²) in [6.07, 6.45) is -0.382. The molecule has 2 unspecified atom stereocenters. The van der Waals surface area contributed by atoms with E-state index in [9.17, 15) is 9.59 Å². The highest BCUT2D eigenvalue weighted by Crippen LogP contribution is 2.30. The third kappa shape index (κ3) is 3.04. The molecule has 15 heavy (non-hydrogen) atoms. The van der Waals surface area contributed by atoms with Crippen LogP contribution in [0.4, 0.5) is 4.79 Å². The number of carbonyl (C=O) groups is 2. The SMILES string of the molecule is CC(=O)N=CC1OC(=O)OC1C(C)(C)C. The molecule has 0 saturated carbocycles. The van der Waals surface area contributed by atoms with Crippen LogP contribution in [-0.4, -0.2) is 30.5 Å². The van der Waals surface area contributed by atoms with Crippen molar-refractivity contribution in [3.05, 3.63) is 0 Å². The Bertz CT molecular complexity index is 303. The zero-order valence-electron chi connectivity index (χ0n) is 9.31. The standard InChI is InChI=1S/C10H15NO4/c1-6(12)11-5-7-8(10(2,3)4)15-9(13)14-7/h5,7-8H,1-4H3. The van der Waals surface area contributed by atoms with E-state index in [4.69, 9.17) is 9.47 Å². The molecular formula is C10H15NO4. The van der Waals surface area contributed by atoms with Crippen LogP contribution >= 0.6 is 0 Å². The molecule has 1 aliphatic heterocycles. The molecule has 0 aromatic heterocycles. The van der Waals surface area contributed by atoms with Crippen molar-refractivity contribution in [3.8, 4) is 0 Å². The Morgan fingerprint density at radius 3 is 2.47 bits per heavy atom. The maximum absolute atomic E-state index is 11.0. The molecule has 0 radical (unpaired) electrons. The molecule has 0 bridgehead atoms. The number of hydrogen-bond donors (Lipinski definition) is 0. The van der Waals surface area contributed by atoms with Crippen LogP contribution in [0.5, 0.6) is 0 Å². The minimum Gasteiger partial charge on any atom is -0.426 e. The van der Waals surface area contributed by atoms with Gasteiger partial charge in [0.25, 0.3) is 0 Å². The molecule has 5 nitrogen and oxygen atoms in total. The molecule has 0 N–H and O–H groups in total. The van der Waals surface area contributed by atoms with Crippen LogP contribution in [0.15, 0.2) is 4.99 Å². The van der Waals surface area contributed by atoms with E-state index in [1.165, 1.54) is 13.1 Å². The summed E-state index contributed by atoms with van der Waals surface area (Å²) in [6, 6.07) is 0. The summed E-state index contributed by atoms with van der Waals surface area (Å²) in [5.74, 6) is -0.328. The van der Waals surface area contributed by atoms with E-state index in [1.54, 1.807) is 0 Å². The van der Waals surface area contributed by atoms with Crippen LogP contribution in [0.1, 0.15) is 27.7 Å². The van der Waals surface area contributed by atoms with Gasteiger partial charge in [-0.2, -0.15) is 0 Å². The molecule has 1 heterocycles. The first kappa shape index (κ1) is 11.7. The lowest BCUT2D eigenvalue weighted by molar-refractivity contribution is -0.115. The first-order valence-electron chi connectivity index (χ1n) is 4.73. The minimum absolute atomic E-state index is 0.250. The summed E-state index contributed by atoms with van der Waals surface area (Å²) < 4.78 is 9.90. The highest BCUT2D eigenvalue weighted by Gasteiger charge is 2.43. The van der Waals surface area contributed by atoms with Crippen LogP contribution in [-0.2, 0) is 14.3 Å². The second kappa shape index (κ2) is 4.00. The fraction of sp³-hybridized carbons (Fsp3) is 0.700. The molecule has 0 aromatic carbocycles. The largest absolute Gasteiger partial charge is 0.509 e. The van der Waals surface area contributed by atoms with E-state index in [1.807, 2.05) is 20.8 Å². The van der Waals surface area contributed by atoms with E-state index in [-0.39, 0.29) is 11.3 Å². The van der Waals surface area contributed by atoms with Gasteiger partial charge in [0.15, 0.2) is 12.2 Å². The predicted octanol–water partition coefficient (Wildman–Crippen LogP) is 1.55. The summed E-state index contributed by atoms with van der Waals surface area (Å²) in [4.78, 5) is 25.2. The van der Waals surface area contributed by atoms with Crippen molar-refractivity contribution in [1.29, 1.82) is 0 Å². The molecule has 1 saturated heterocycles. The Morgan fingerprint density at radius 2 is 2.00 bits per heavy atom. The van der Waals surface area contributed by atoms with Crippen molar-refractivity contribution in [1.82, 2.24) is 0 Å². The number of carbonyl (C=O) groups excluding carboxylic acids is 2. The monoisotopic (exact) mass is 213 g/mol. The van der Waals surface area contributed by atoms with Gasteiger partial charge < -0.3 is 9.47 Å². The van der Waals surface area contributed by atoms with Gasteiger partial charge >= 0.3 is 6.16 Å². The van der Waals surface area contributed by atoms with E-state index in [2.05, 4.69) is 4.99 Å². The maximum atomic E-state index is 11.0. The Hall–Kier alpha value is -1.39. The van der Waals surface area contributed by atoms with Crippen LogP contribution in [0, 0.1) is 5.41 Å². The lowest BCUT2D eigenvalue weighted by Gasteiger charge is -2.25. The van der Waals surface area contributed by atoms with Gasteiger partial charge in [-0.05, 0) is 0 Å². The summed E-state index contributed by atoms with van der Waals surface area (Å²) in [7, 11) is 0. The minimum atomic E-state index is -0.713. The second-order valence-electron chi connectivity index (χ2n) is 4.53. The van der Waals surface area contributed by atoms with Crippen molar-refractivity contribution in [2.45, 2.75) is 39.9 Å². The molecule has 1 rings (SSSR count). The van der Waals surface area contributed by atoms with E-state index < -0.39 is 18.4 Å². The van der Waals surface area contributed by atoms with Crippen molar-refractivity contribution in [3.63, 3.8) is 0 Å². The second-order valence-corrected chi connectivity index (χ2v) is 4.53. The lowest BCUT2D eigenvalue weighted by Crippen LogP contribution is -2.36. The molecule has 84 valence electrons. The number of cyclic esters (lactones) is 2. The van der Waals surface area contributed by atoms with E-state index >= 15 is 0 Å². The van der Waals surface area contributed by atoms with Gasteiger partial charge in [0, 0.05) is 12.3 Å². The number of aliphatic imine (C=N–C) groups is 1. The van der Waals surface area contributed by atoms with Gasteiger partial charge in [0.05, 0.1) is 6.21 Å². The van der Waals surface area contributed by atoms with Crippen LogP contribution in [0.2, 0.25) is 0 Å². The molecule has 1 fully saturated rings. The van der Waals surface area contributed by atoms with Crippen molar-refractivity contribution < 1.29 is 19.1 Å². The van der Waals surface area contributed by atoms with Crippen LogP contribution in [0.3, 0.4) is 0 Å². The summed E-state index contributed by atoms with van der Waals surface area (Å²) in [6.45, 7) is 7.11. The molecule has 5 heteroatoms. The highest BCUT2D eigenvalue weighted by atomic mass is 16.8. The summed E-state index contributed by atoms with van der Waals surface area (Å²) >= 11 is 0. The summed E-state index contributed by atoms with van der Waals surface area (Å²) in [5, 5.41) is 0. The molecule has 0 spiro atoms. The number of rotatable bonds is 1. The van der Waals surface area contributed by atoms with Gasteiger partial charge in [-0.25, -0.2) is 9.79 Å². The smallest absolute Gasteiger partial charge is 0.426 e. The topological polar surface area (TPSA) is 65.0 Å². The molecular weight excluding hydrogens is 198 g/mol. The molecule has 1 amide bonds. The normalized spacial score (nSPS) is 26.5. The highest BCUT2D eigenvalue weighted by molar-refractivity contribution is 5.86. The Labute approximate surface area is 88.5 Å². The number of nitrogens with zero attached hydrogens (tertiary/aromatic N) is 1. The van der Waals surface area contributed by atoms with Crippen molar-refractivity contribution >= 4 is 18.3 Å². The predicted molar refractivity (Wildman–Crippen MR) is 53.8 cm³/mol. The van der Waals surface area contributed by atoms with Gasteiger partial charge in [-0.15, -0.1) is 0 Å². The maximum Gasteiger partial charge on any atom is 0.509 e. The van der Waals surface area contributed by atoms with Crippen molar-refractivity contribution in [2.75, 3.05) is 0 Å². The van der Waals surface area contributed by atoms with Crippen LogP contribution < -0.4 is 0 Å². The first-order valence-corrected chi connectivity index (χ1v) is 4.73. The first-order chi connectivity index (χ1) is 6.80. The Balaban J connectivity index is 2.78. The third-order valence-electron chi connectivity index (χ3n) is 2.01. The number of ether oxygens (including phenoxy) is 2. The van der Waals surface area contributed by atoms with E-state index in [0.29, 0.717) is 0 Å². The lowest BCUT2D eigenvalue weighted by atomic mass is 9.86. The average Bonchev–Trinajstić information content (AvgIpc) is 2.42. The molecule has 0 aromatic rings. The van der Waals surface area contributed by atoms with Crippen molar-refractivity contribution in [2.24, 2.45) is 10.4 Å². The van der Waals surface area contributed by atoms with Gasteiger partial charge in [0.2, 0.25) is 5.91 Å². The fourth-order valence-corrected chi connectivity index (χ4v) is 1.33. The molecule has 2 atom stereocenters. The molecule has 0 aliphatic carbocycles. The fourth-order valence-electron chi connectivity index (χ4n) is 1.33. The number of amides is 1. The van der Waals surface area contributed by atoms with E-state index in [0.717, 1.165) is 0 Å². The van der Waals surface area contributed by atoms with Crippen LogP contribution in [0.25, 0.3) is 0 Å². The van der Waals surface area contributed by atoms with Gasteiger partial charge in [0.1, 0.15) is 0 Å². The zero-order valence-corrected chi connectivity index (χ0v) is 9.31. The van der Waals surface area contributed by atoms with Gasteiger partial charge in [-0.1, -0.05) is 20.8 Å². The summed E-state index contributed by atoms with van der Waals surface area (Å²) in [5.41, 5.74) is -0.250. The Morgan fingerprint density at radius 1 is 1.40 bits per heavy atom. The number of hydrogen-bond acceptors (Lipinski definition) is 4. The Kier molecular flexibility index (Phi) is 3.12. The third-order valence-corrected chi connectivity index (χ3v) is 2.01.